The van der Waals surface area contributed by atoms with Gasteiger partial charge in [0.05, 0.1) is 6.61 Å². The van der Waals surface area contributed by atoms with E-state index in [1.54, 1.807) is 0 Å². The summed E-state index contributed by atoms with van der Waals surface area (Å²) in [5.74, 6) is 1.04. The lowest BCUT2D eigenvalue weighted by atomic mass is 10.1. The van der Waals surface area contributed by atoms with E-state index in [0.29, 0.717) is 6.54 Å². The van der Waals surface area contributed by atoms with E-state index >= 15 is 0 Å². The van der Waals surface area contributed by atoms with Gasteiger partial charge in [0.15, 0.2) is 0 Å². The zero-order valence-electron chi connectivity index (χ0n) is 8.12. The van der Waals surface area contributed by atoms with Crippen LogP contribution in [0.25, 0.3) is 4.85 Å². The van der Waals surface area contributed by atoms with Crippen LogP contribution in [0.5, 0.6) is 5.75 Å². The smallest absolute Gasteiger partial charge is 0.215 e. The summed E-state index contributed by atoms with van der Waals surface area (Å²) in [6.45, 7) is 8.15. The van der Waals surface area contributed by atoms with E-state index in [4.69, 9.17) is 11.3 Å². The molecule has 0 unspecified atom stereocenters. The van der Waals surface area contributed by atoms with E-state index in [1.165, 1.54) is 11.1 Å². The van der Waals surface area contributed by atoms with Crippen LogP contribution in [-0.4, -0.2) is 13.2 Å². The van der Waals surface area contributed by atoms with Gasteiger partial charge in [0.2, 0.25) is 6.54 Å². The standard InChI is InChI=1S/C12H13NO/c1-13-7-2-3-10-4-5-12-11(9-10)6-8-14-12/h4-5,9H,2-3,6-8H2. The van der Waals surface area contributed by atoms with Crippen LogP contribution < -0.4 is 4.74 Å². The molecule has 0 aromatic heterocycles. The second-order valence-electron chi connectivity index (χ2n) is 3.53. The summed E-state index contributed by atoms with van der Waals surface area (Å²) in [5, 5.41) is 0. The molecule has 1 aliphatic heterocycles. The minimum absolute atomic E-state index is 0.633. The molecule has 0 spiro atoms. The molecular weight excluding hydrogens is 174 g/mol. The molecule has 0 aliphatic carbocycles. The van der Waals surface area contributed by atoms with Crippen molar-refractivity contribution in [2.24, 2.45) is 0 Å². The van der Waals surface area contributed by atoms with E-state index in [9.17, 15) is 0 Å². The fourth-order valence-electron chi connectivity index (χ4n) is 1.76. The Bertz CT molecular complexity index is 365. The predicted octanol–water partition coefficient (Wildman–Crippen LogP) is 2.47. The molecule has 2 nitrogen and oxygen atoms in total. The van der Waals surface area contributed by atoms with Gasteiger partial charge in [-0.2, -0.15) is 0 Å². The molecule has 2 heteroatoms. The van der Waals surface area contributed by atoms with Gasteiger partial charge in [-0.15, -0.1) is 0 Å². The zero-order valence-corrected chi connectivity index (χ0v) is 8.12. The summed E-state index contributed by atoms with van der Waals surface area (Å²) < 4.78 is 5.43. The monoisotopic (exact) mass is 187 g/mol. The Morgan fingerprint density at radius 2 is 2.36 bits per heavy atom. The highest BCUT2D eigenvalue weighted by molar-refractivity contribution is 5.39. The first-order chi connectivity index (χ1) is 6.90. The van der Waals surface area contributed by atoms with E-state index in [2.05, 4.69) is 23.0 Å². The summed E-state index contributed by atoms with van der Waals surface area (Å²) in [6, 6.07) is 6.37. The predicted molar refractivity (Wildman–Crippen MR) is 55.4 cm³/mol. The van der Waals surface area contributed by atoms with Crippen LogP contribution in [0, 0.1) is 6.57 Å². The average Bonchev–Trinajstić information content (AvgIpc) is 2.65. The number of rotatable bonds is 3. The number of nitrogens with zero attached hydrogens (tertiary/aromatic N) is 1. The number of ether oxygens (including phenoxy) is 1. The Balaban J connectivity index is 2.02. The molecule has 0 radical (unpaired) electrons. The van der Waals surface area contributed by atoms with Crippen LogP contribution in [-0.2, 0) is 12.8 Å². The van der Waals surface area contributed by atoms with Crippen molar-refractivity contribution in [3.8, 4) is 5.75 Å². The van der Waals surface area contributed by atoms with Crippen LogP contribution in [0.1, 0.15) is 17.5 Å². The molecule has 0 amide bonds. The third-order valence-electron chi connectivity index (χ3n) is 2.49. The first-order valence-electron chi connectivity index (χ1n) is 4.98. The first kappa shape index (κ1) is 9.08. The van der Waals surface area contributed by atoms with E-state index in [-0.39, 0.29) is 0 Å². The van der Waals surface area contributed by atoms with Gasteiger partial charge in [-0.3, -0.25) is 0 Å². The van der Waals surface area contributed by atoms with Gasteiger partial charge in [-0.25, -0.2) is 6.57 Å². The number of benzene rings is 1. The van der Waals surface area contributed by atoms with Crippen molar-refractivity contribution >= 4 is 0 Å². The van der Waals surface area contributed by atoms with Gasteiger partial charge in [0, 0.05) is 12.8 Å². The number of hydrogen-bond acceptors (Lipinski definition) is 1. The van der Waals surface area contributed by atoms with Crippen molar-refractivity contribution in [1.82, 2.24) is 0 Å². The van der Waals surface area contributed by atoms with Crippen LogP contribution >= 0.6 is 0 Å². The van der Waals surface area contributed by atoms with Crippen molar-refractivity contribution in [3.05, 3.63) is 40.7 Å². The summed E-state index contributed by atoms with van der Waals surface area (Å²) in [4.78, 5) is 3.35. The van der Waals surface area contributed by atoms with Gasteiger partial charge in [0.25, 0.3) is 0 Å². The van der Waals surface area contributed by atoms with E-state index < -0.39 is 0 Å². The maximum atomic E-state index is 6.70. The van der Waals surface area contributed by atoms with Gasteiger partial charge in [0.1, 0.15) is 5.75 Å². The second-order valence-corrected chi connectivity index (χ2v) is 3.53. The molecule has 14 heavy (non-hydrogen) atoms. The highest BCUT2D eigenvalue weighted by atomic mass is 16.5. The third-order valence-corrected chi connectivity index (χ3v) is 2.49. The summed E-state index contributed by atoms with van der Waals surface area (Å²) in [7, 11) is 0. The van der Waals surface area contributed by atoms with Crippen molar-refractivity contribution in [3.63, 3.8) is 0 Å². The second kappa shape index (κ2) is 4.15. The van der Waals surface area contributed by atoms with Crippen LogP contribution in [0.15, 0.2) is 18.2 Å². The van der Waals surface area contributed by atoms with Crippen LogP contribution in [0.2, 0.25) is 0 Å². The lowest BCUT2D eigenvalue weighted by Crippen LogP contribution is -1.88. The Morgan fingerprint density at radius 1 is 1.43 bits per heavy atom. The molecule has 1 aromatic carbocycles. The van der Waals surface area contributed by atoms with Crippen molar-refractivity contribution < 1.29 is 4.74 Å². The fourth-order valence-corrected chi connectivity index (χ4v) is 1.76. The highest BCUT2D eigenvalue weighted by Crippen LogP contribution is 2.26. The first-order valence-corrected chi connectivity index (χ1v) is 4.98. The molecule has 0 N–H and O–H groups in total. The Hall–Kier alpha value is -1.49. The van der Waals surface area contributed by atoms with Crippen LogP contribution in [0.4, 0.5) is 0 Å². The van der Waals surface area contributed by atoms with E-state index in [1.807, 2.05) is 0 Å². The number of aryl methyl sites for hydroxylation is 1. The van der Waals surface area contributed by atoms with Gasteiger partial charge in [-0.1, -0.05) is 12.1 Å². The van der Waals surface area contributed by atoms with E-state index in [0.717, 1.165) is 31.6 Å². The lowest BCUT2D eigenvalue weighted by molar-refractivity contribution is 0.357. The van der Waals surface area contributed by atoms with Crippen molar-refractivity contribution in [2.75, 3.05) is 13.2 Å². The van der Waals surface area contributed by atoms with Crippen LogP contribution in [0.3, 0.4) is 0 Å². The Morgan fingerprint density at radius 3 is 3.21 bits per heavy atom. The quantitative estimate of drug-likeness (QED) is 0.523. The molecule has 72 valence electrons. The molecule has 1 aliphatic rings. The number of fused-ring (bicyclic) bond motifs is 1. The fraction of sp³-hybridized carbons (Fsp3) is 0.417. The zero-order chi connectivity index (χ0) is 9.80. The van der Waals surface area contributed by atoms with Crippen molar-refractivity contribution in [2.45, 2.75) is 19.3 Å². The summed E-state index contributed by atoms with van der Waals surface area (Å²) >= 11 is 0. The van der Waals surface area contributed by atoms with Crippen molar-refractivity contribution in [1.29, 1.82) is 0 Å². The molecule has 0 saturated heterocycles. The highest BCUT2D eigenvalue weighted by Gasteiger charge is 2.11. The maximum absolute atomic E-state index is 6.70. The lowest BCUT2D eigenvalue weighted by Gasteiger charge is -2.01. The molecule has 1 aromatic rings. The molecular formula is C12H13NO. The number of hydrogen-bond donors (Lipinski definition) is 0. The van der Waals surface area contributed by atoms with Gasteiger partial charge < -0.3 is 9.58 Å². The topological polar surface area (TPSA) is 13.6 Å². The van der Waals surface area contributed by atoms with Gasteiger partial charge in [-0.05, 0) is 23.6 Å². The SMILES string of the molecule is [C-]#[N+]CCCc1ccc2c(c1)CCO2. The van der Waals surface area contributed by atoms with Gasteiger partial charge >= 0.3 is 0 Å². The third kappa shape index (κ3) is 1.88. The Kier molecular flexibility index (Phi) is 2.69. The molecule has 2 rings (SSSR count). The molecule has 0 fully saturated rings. The minimum atomic E-state index is 0.633. The molecule has 1 heterocycles. The normalized spacial score (nSPS) is 13.1. The molecule has 0 saturated carbocycles. The summed E-state index contributed by atoms with van der Waals surface area (Å²) in [5.41, 5.74) is 2.66. The largest absolute Gasteiger partial charge is 0.493 e. The average molecular weight is 187 g/mol. The maximum Gasteiger partial charge on any atom is 0.215 e. The molecule has 0 atom stereocenters. The summed E-state index contributed by atoms with van der Waals surface area (Å²) in [6.07, 6.45) is 3.00. The minimum Gasteiger partial charge on any atom is -0.493 e. The molecule has 0 bridgehead atoms. The Labute approximate surface area is 84.3 Å².